The molecular weight excluding hydrogens is 186 g/mol. The fraction of sp³-hybridized carbons (Fsp3) is 0.125. The Bertz CT molecular complexity index is 365. The summed E-state index contributed by atoms with van der Waals surface area (Å²) < 4.78 is 0. The summed E-state index contributed by atoms with van der Waals surface area (Å²) in [7, 11) is 0. The van der Waals surface area contributed by atoms with E-state index in [-0.39, 0.29) is 18.1 Å². The van der Waals surface area contributed by atoms with Crippen LogP contribution in [0, 0.1) is 0 Å². The molecule has 6 nitrogen and oxygen atoms in total. The maximum Gasteiger partial charge on any atom is 0.354 e. The molecule has 0 spiro atoms. The zero-order chi connectivity index (χ0) is 10.6. The molecule has 0 saturated carbocycles. The van der Waals surface area contributed by atoms with Crippen LogP contribution >= 0.6 is 0 Å². The van der Waals surface area contributed by atoms with Crippen LogP contribution in [0.5, 0.6) is 0 Å². The number of nitrogens with zero attached hydrogens (tertiary/aromatic N) is 1. The highest BCUT2D eigenvalue weighted by Crippen LogP contribution is 2.04. The number of nitrogens with one attached hydrogen (secondary N) is 1. The van der Waals surface area contributed by atoms with Crippen molar-refractivity contribution in [3.8, 4) is 0 Å². The SMILES string of the molecule is NCC(=O)Nc1cccc(C(=O)O)n1. The van der Waals surface area contributed by atoms with Crippen molar-refractivity contribution in [1.82, 2.24) is 4.98 Å². The zero-order valence-corrected chi connectivity index (χ0v) is 7.23. The van der Waals surface area contributed by atoms with E-state index in [4.69, 9.17) is 10.8 Å². The molecule has 6 heteroatoms. The fourth-order valence-electron chi connectivity index (χ4n) is 0.817. The zero-order valence-electron chi connectivity index (χ0n) is 7.23. The molecule has 14 heavy (non-hydrogen) atoms. The minimum absolute atomic E-state index is 0.125. The van der Waals surface area contributed by atoms with Crippen LogP contribution in [-0.2, 0) is 4.79 Å². The number of hydrogen-bond acceptors (Lipinski definition) is 4. The third kappa shape index (κ3) is 2.53. The molecule has 1 aromatic heterocycles. The lowest BCUT2D eigenvalue weighted by Crippen LogP contribution is -2.22. The van der Waals surface area contributed by atoms with Gasteiger partial charge in [0.15, 0.2) is 5.69 Å². The summed E-state index contributed by atoms with van der Waals surface area (Å²) in [6.07, 6.45) is 0. The quantitative estimate of drug-likeness (QED) is 0.612. The van der Waals surface area contributed by atoms with E-state index in [9.17, 15) is 9.59 Å². The van der Waals surface area contributed by atoms with Crippen molar-refractivity contribution in [3.63, 3.8) is 0 Å². The number of hydrogen-bond donors (Lipinski definition) is 3. The maximum absolute atomic E-state index is 10.8. The van der Waals surface area contributed by atoms with Crippen molar-refractivity contribution in [3.05, 3.63) is 23.9 Å². The molecule has 1 rings (SSSR count). The first kappa shape index (κ1) is 10.1. The van der Waals surface area contributed by atoms with Crippen molar-refractivity contribution >= 4 is 17.7 Å². The van der Waals surface area contributed by atoms with Crippen LogP contribution < -0.4 is 11.1 Å². The third-order valence-electron chi connectivity index (χ3n) is 1.42. The number of nitrogens with two attached hydrogens (primary N) is 1. The van der Waals surface area contributed by atoms with Gasteiger partial charge in [0.1, 0.15) is 5.82 Å². The number of carbonyl (C=O) groups excluding carboxylic acids is 1. The van der Waals surface area contributed by atoms with Gasteiger partial charge in [0, 0.05) is 0 Å². The standard InChI is InChI=1S/C8H9N3O3/c9-4-7(12)11-6-3-1-2-5(10-6)8(13)14/h1-3H,4,9H2,(H,13,14)(H,10,11,12). The van der Waals surface area contributed by atoms with Crippen LogP contribution in [0.1, 0.15) is 10.5 Å². The number of carbonyl (C=O) groups is 2. The van der Waals surface area contributed by atoms with Gasteiger partial charge in [-0.1, -0.05) is 6.07 Å². The van der Waals surface area contributed by atoms with Crippen LogP contribution in [0.4, 0.5) is 5.82 Å². The summed E-state index contributed by atoms with van der Waals surface area (Å²) in [6, 6.07) is 4.31. The predicted molar refractivity (Wildman–Crippen MR) is 48.9 cm³/mol. The molecule has 0 bridgehead atoms. The Labute approximate surface area is 79.8 Å². The van der Waals surface area contributed by atoms with Crippen molar-refractivity contribution in [2.24, 2.45) is 5.73 Å². The van der Waals surface area contributed by atoms with E-state index in [1.165, 1.54) is 18.2 Å². The molecule has 0 aromatic carbocycles. The lowest BCUT2D eigenvalue weighted by molar-refractivity contribution is -0.114. The van der Waals surface area contributed by atoms with Gasteiger partial charge in [-0.2, -0.15) is 0 Å². The Morgan fingerprint density at radius 3 is 2.79 bits per heavy atom. The van der Waals surface area contributed by atoms with Gasteiger partial charge >= 0.3 is 5.97 Å². The molecule has 0 fully saturated rings. The van der Waals surface area contributed by atoms with Gasteiger partial charge in [0.05, 0.1) is 6.54 Å². The normalized spacial score (nSPS) is 9.50. The van der Waals surface area contributed by atoms with E-state index in [2.05, 4.69) is 10.3 Å². The van der Waals surface area contributed by atoms with Gasteiger partial charge in [0.2, 0.25) is 5.91 Å². The number of pyridine rings is 1. The van der Waals surface area contributed by atoms with Crippen LogP contribution in [0.3, 0.4) is 0 Å². The first-order valence-electron chi connectivity index (χ1n) is 3.83. The number of carboxylic acids is 1. The lowest BCUT2D eigenvalue weighted by atomic mass is 10.3. The smallest absolute Gasteiger partial charge is 0.354 e. The number of amides is 1. The maximum atomic E-state index is 10.8. The molecule has 0 aliphatic rings. The molecule has 0 aliphatic carbocycles. The minimum atomic E-state index is -1.14. The highest BCUT2D eigenvalue weighted by Gasteiger charge is 2.06. The van der Waals surface area contributed by atoms with Crippen LogP contribution in [0.15, 0.2) is 18.2 Å². The fourth-order valence-corrected chi connectivity index (χ4v) is 0.817. The second kappa shape index (κ2) is 4.33. The van der Waals surface area contributed by atoms with E-state index in [1.54, 1.807) is 0 Å². The first-order chi connectivity index (χ1) is 6.63. The third-order valence-corrected chi connectivity index (χ3v) is 1.42. The summed E-state index contributed by atoms with van der Waals surface area (Å²) in [5.41, 5.74) is 4.94. The number of aromatic nitrogens is 1. The molecule has 1 amide bonds. The second-order valence-electron chi connectivity index (χ2n) is 2.47. The summed E-state index contributed by atoms with van der Waals surface area (Å²) in [6.45, 7) is -0.168. The predicted octanol–water partition coefficient (Wildman–Crippen LogP) is -0.323. The molecule has 0 unspecified atom stereocenters. The summed E-state index contributed by atoms with van der Waals surface area (Å²) in [5.74, 6) is -1.38. The van der Waals surface area contributed by atoms with E-state index >= 15 is 0 Å². The van der Waals surface area contributed by atoms with E-state index < -0.39 is 11.9 Å². The first-order valence-corrected chi connectivity index (χ1v) is 3.83. The topological polar surface area (TPSA) is 105 Å². The Morgan fingerprint density at radius 1 is 1.50 bits per heavy atom. The lowest BCUT2D eigenvalue weighted by Gasteiger charge is -2.02. The molecule has 0 aliphatic heterocycles. The summed E-state index contributed by atoms with van der Waals surface area (Å²) in [4.78, 5) is 25.0. The van der Waals surface area contributed by atoms with E-state index in [1.807, 2.05) is 0 Å². The highest BCUT2D eigenvalue weighted by molar-refractivity contribution is 5.92. The number of carboxylic acid groups (broad SMARTS) is 1. The van der Waals surface area contributed by atoms with Gasteiger partial charge < -0.3 is 16.2 Å². The van der Waals surface area contributed by atoms with Gasteiger partial charge in [-0.25, -0.2) is 9.78 Å². The largest absolute Gasteiger partial charge is 0.477 e. The summed E-state index contributed by atoms with van der Waals surface area (Å²) >= 11 is 0. The van der Waals surface area contributed by atoms with Crippen molar-refractivity contribution < 1.29 is 14.7 Å². The minimum Gasteiger partial charge on any atom is -0.477 e. The molecule has 74 valence electrons. The highest BCUT2D eigenvalue weighted by atomic mass is 16.4. The van der Waals surface area contributed by atoms with Gasteiger partial charge in [-0.15, -0.1) is 0 Å². The second-order valence-corrected chi connectivity index (χ2v) is 2.47. The molecule has 0 radical (unpaired) electrons. The number of anilines is 1. The Balaban J connectivity index is 2.83. The number of rotatable bonds is 3. The van der Waals surface area contributed by atoms with E-state index in [0.717, 1.165) is 0 Å². The molecular formula is C8H9N3O3. The molecule has 4 N–H and O–H groups in total. The average molecular weight is 195 g/mol. The Morgan fingerprint density at radius 2 is 2.21 bits per heavy atom. The van der Waals surface area contributed by atoms with Gasteiger partial charge in [-0.3, -0.25) is 4.79 Å². The molecule has 0 saturated heterocycles. The Hall–Kier alpha value is -1.95. The van der Waals surface area contributed by atoms with Gasteiger partial charge in [0.25, 0.3) is 0 Å². The average Bonchev–Trinajstić information content (AvgIpc) is 2.18. The number of aromatic carboxylic acids is 1. The monoisotopic (exact) mass is 195 g/mol. The van der Waals surface area contributed by atoms with Gasteiger partial charge in [-0.05, 0) is 12.1 Å². The Kier molecular flexibility index (Phi) is 3.14. The van der Waals surface area contributed by atoms with Crippen LogP contribution in [0.2, 0.25) is 0 Å². The van der Waals surface area contributed by atoms with Crippen molar-refractivity contribution in [1.29, 1.82) is 0 Å². The van der Waals surface area contributed by atoms with E-state index in [0.29, 0.717) is 0 Å². The summed E-state index contributed by atoms with van der Waals surface area (Å²) in [5, 5.41) is 10.9. The van der Waals surface area contributed by atoms with Crippen LogP contribution in [-0.4, -0.2) is 28.5 Å². The molecule has 0 atom stereocenters. The van der Waals surface area contributed by atoms with Crippen LogP contribution in [0.25, 0.3) is 0 Å². The van der Waals surface area contributed by atoms with Crippen molar-refractivity contribution in [2.75, 3.05) is 11.9 Å². The van der Waals surface area contributed by atoms with Crippen molar-refractivity contribution in [2.45, 2.75) is 0 Å². The molecule has 1 heterocycles. The molecule has 1 aromatic rings.